The van der Waals surface area contributed by atoms with E-state index in [0.29, 0.717) is 6.04 Å². The standard InChI is InChI=1S/C10H18N2S2/c1-4-8(2)11-5-9-6-14-10(12-9)7-13-3/h6,8,11H,4-5,7H2,1-3H3. The maximum absolute atomic E-state index is 4.54. The highest BCUT2D eigenvalue weighted by Gasteiger charge is 2.02. The summed E-state index contributed by atoms with van der Waals surface area (Å²) in [5.74, 6) is 1.04. The SMILES string of the molecule is CCC(C)NCc1csc(CSC)n1. The number of nitrogens with one attached hydrogen (secondary N) is 1. The Hall–Kier alpha value is -0.0600. The molecule has 0 fully saturated rings. The molecular weight excluding hydrogens is 212 g/mol. The number of nitrogens with zero attached hydrogens (tertiary/aromatic N) is 1. The molecule has 1 heterocycles. The molecule has 0 spiro atoms. The van der Waals surface area contributed by atoms with Gasteiger partial charge in [-0.2, -0.15) is 11.8 Å². The molecule has 1 rings (SSSR count). The zero-order valence-corrected chi connectivity index (χ0v) is 10.7. The summed E-state index contributed by atoms with van der Waals surface area (Å²) in [5, 5.41) is 6.83. The third-order valence-corrected chi connectivity index (χ3v) is 3.75. The van der Waals surface area contributed by atoms with Crippen LogP contribution in [-0.2, 0) is 12.3 Å². The van der Waals surface area contributed by atoms with Gasteiger partial charge in [0.2, 0.25) is 0 Å². The number of hydrogen-bond acceptors (Lipinski definition) is 4. The van der Waals surface area contributed by atoms with Crippen LogP contribution in [-0.4, -0.2) is 17.3 Å². The molecule has 1 aromatic rings. The average molecular weight is 230 g/mol. The molecule has 1 aromatic heterocycles. The van der Waals surface area contributed by atoms with E-state index in [9.17, 15) is 0 Å². The van der Waals surface area contributed by atoms with Crippen molar-refractivity contribution in [3.05, 3.63) is 16.1 Å². The second-order valence-electron chi connectivity index (χ2n) is 3.36. The Bertz CT molecular complexity index is 260. The summed E-state index contributed by atoms with van der Waals surface area (Å²) in [7, 11) is 0. The molecule has 0 aliphatic carbocycles. The third kappa shape index (κ3) is 3.98. The molecule has 1 atom stereocenters. The van der Waals surface area contributed by atoms with Gasteiger partial charge in [0.25, 0.3) is 0 Å². The maximum atomic E-state index is 4.54. The molecule has 0 amide bonds. The smallest absolute Gasteiger partial charge is 0.103 e. The molecule has 0 saturated carbocycles. The van der Waals surface area contributed by atoms with Crippen LogP contribution in [0.3, 0.4) is 0 Å². The monoisotopic (exact) mass is 230 g/mol. The van der Waals surface area contributed by atoms with E-state index in [-0.39, 0.29) is 0 Å². The number of thioether (sulfide) groups is 1. The van der Waals surface area contributed by atoms with Gasteiger partial charge in [-0.15, -0.1) is 11.3 Å². The number of thiazole rings is 1. The molecular formula is C10H18N2S2. The van der Waals surface area contributed by atoms with Crippen LogP contribution in [0, 0.1) is 0 Å². The fraction of sp³-hybridized carbons (Fsp3) is 0.700. The van der Waals surface area contributed by atoms with E-state index in [1.165, 1.54) is 17.1 Å². The molecule has 1 N–H and O–H groups in total. The van der Waals surface area contributed by atoms with Crippen LogP contribution in [0.5, 0.6) is 0 Å². The number of aromatic nitrogens is 1. The van der Waals surface area contributed by atoms with E-state index in [1.807, 2.05) is 11.8 Å². The van der Waals surface area contributed by atoms with Gasteiger partial charge in [-0.3, -0.25) is 0 Å². The van der Waals surface area contributed by atoms with Crippen molar-refractivity contribution < 1.29 is 0 Å². The lowest BCUT2D eigenvalue weighted by atomic mass is 10.2. The van der Waals surface area contributed by atoms with Gasteiger partial charge in [0.15, 0.2) is 0 Å². The molecule has 4 heteroatoms. The van der Waals surface area contributed by atoms with E-state index in [1.54, 1.807) is 11.3 Å². The minimum absolute atomic E-state index is 0.584. The molecule has 0 aliphatic rings. The number of hydrogen-bond donors (Lipinski definition) is 1. The molecule has 14 heavy (non-hydrogen) atoms. The summed E-state index contributed by atoms with van der Waals surface area (Å²) in [5.41, 5.74) is 1.18. The van der Waals surface area contributed by atoms with E-state index in [4.69, 9.17) is 0 Å². The van der Waals surface area contributed by atoms with Crippen molar-refractivity contribution >= 4 is 23.1 Å². The van der Waals surface area contributed by atoms with Gasteiger partial charge in [0.1, 0.15) is 5.01 Å². The van der Waals surface area contributed by atoms with Crippen LogP contribution in [0.1, 0.15) is 31.0 Å². The lowest BCUT2D eigenvalue weighted by Gasteiger charge is -2.08. The highest BCUT2D eigenvalue weighted by molar-refractivity contribution is 7.97. The lowest BCUT2D eigenvalue weighted by Crippen LogP contribution is -2.24. The highest BCUT2D eigenvalue weighted by Crippen LogP contribution is 2.14. The molecule has 0 aliphatic heterocycles. The topological polar surface area (TPSA) is 24.9 Å². The summed E-state index contributed by atoms with van der Waals surface area (Å²) in [6, 6.07) is 0.584. The summed E-state index contributed by atoms with van der Waals surface area (Å²) in [4.78, 5) is 4.54. The Morgan fingerprint density at radius 3 is 3.07 bits per heavy atom. The lowest BCUT2D eigenvalue weighted by molar-refractivity contribution is 0.530. The molecule has 1 unspecified atom stereocenters. The molecule has 0 saturated heterocycles. The zero-order valence-electron chi connectivity index (χ0n) is 9.04. The molecule has 0 radical (unpaired) electrons. The normalized spacial score (nSPS) is 13.1. The van der Waals surface area contributed by atoms with Crippen molar-refractivity contribution in [3.8, 4) is 0 Å². The van der Waals surface area contributed by atoms with Crippen LogP contribution in [0.4, 0.5) is 0 Å². The van der Waals surface area contributed by atoms with Gasteiger partial charge in [-0.25, -0.2) is 4.98 Å². The van der Waals surface area contributed by atoms with E-state index in [0.717, 1.165) is 12.3 Å². The van der Waals surface area contributed by atoms with Crippen molar-refractivity contribution in [1.29, 1.82) is 0 Å². The van der Waals surface area contributed by atoms with Crippen molar-refractivity contribution in [2.24, 2.45) is 0 Å². The van der Waals surface area contributed by atoms with E-state index in [2.05, 4.69) is 35.8 Å². The van der Waals surface area contributed by atoms with Crippen molar-refractivity contribution in [1.82, 2.24) is 10.3 Å². The second kappa shape index (κ2) is 6.43. The minimum Gasteiger partial charge on any atom is -0.309 e. The quantitative estimate of drug-likeness (QED) is 0.813. The van der Waals surface area contributed by atoms with Crippen molar-refractivity contribution in [3.63, 3.8) is 0 Å². The Kier molecular flexibility index (Phi) is 5.52. The van der Waals surface area contributed by atoms with Gasteiger partial charge in [0.05, 0.1) is 5.69 Å². The summed E-state index contributed by atoms with van der Waals surface area (Å²) < 4.78 is 0. The van der Waals surface area contributed by atoms with E-state index >= 15 is 0 Å². The predicted octanol–water partition coefficient (Wildman–Crippen LogP) is 2.89. The fourth-order valence-corrected chi connectivity index (χ4v) is 2.56. The Labute approximate surface area is 94.5 Å². The van der Waals surface area contributed by atoms with Gasteiger partial charge < -0.3 is 5.32 Å². The molecule has 2 nitrogen and oxygen atoms in total. The molecule has 80 valence electrons. The van der Waals surface area contributed by atoms with Crippen LogP contribution < -0.4 is 5.32 Å². The van der Waals surface area contributed by atoms with Gasteiger partial charge in [0, 0.05) is 23.7 Å². The largest absolute Gasteiger partial charge is 0.309 e. The first kappa shape index (κ1) is 12.0. The van der Waals surface area contributed by atoms with Crippen molar-refractivity contribution in [2.45, 2.75) is 38.6 Å². The third-order valence-electron chi connectivity index (χ3n) is 2.11. The Morgan fingerprint density at radius 2 is 2.43 bits per heavy atom. The maximum Gasteiger partial charge on any atom is 0.103 e. The predicted molar refractivity (Wildman–Crippen MR) is 65.9 cm³/mol. The first-order valence-corrected chi connectivity index (χ1v) is 7.19. The van der Waals surface area contributed by atoms with Crippen LogP contribution >= 0.6 is 23.1 Å². The Balaban J connectivity index is 2.35. The first-order chi connectivity index (χ1) is 6.76. The zero-order chi connectivity index (χ0) is 10.4. The molecule has 0 aromatic carbocycles. The van der Waals surface area contributed by atoms with Gasteiger partial charge in [-0.1, -0.05) is 6.92 Å². The van der Waals surface area contributed by atoms with Crippen LogP contribution in [0.15, 0.2) is 5.38 Å². The first-order valence-electron chi connectivity index (χ1n) is 4.91. The summed E-state index contributed by atoms with van der Waals surface area (Å²) in [6.45, 7) is 5.30. The van der Waals surface area contributed by atoms with E-state index < -0.39 is 0 Å². The Morgan fingerprint density at radius 1 is 1.64 bits per heavy atom. The average Bonchev–Trinajstić information content (AvgIpc) is 2.63. The highest BCUT2D eigenvalue weighted by atomic mass is 32.2. The minimum atomic E-state index is 0.584. The van der Waals surface area contributed by atoms with Gasteiger partial charge in [-0.05, 0) is 19.6 Å². The summed E-state index contributed by atoms with van der Waals surface area (Å²) >= 11 is 3.59. The van der Waals surface area contributed by atoms with Gasteiger partial charge >= 0.3 is 0 Å². The second-order valence-corrected chi connectivity index (χ2v) is 5.16. The van der Waals surface area contributed by atoms with Crippen LogP contribution in [0.25, 0.3) is 0 Å². The fourth-order valence-electron chi connectivity index (χ4n) is 1.04. The van der Waals surface area contributed by atoms with Crippen LogP contribution in [0.2, 0.25) is 0 Å². The summed E-state index contributed by atoms with van der Waals surface area (Å²) in [6.07, 6.45) is 3.28. The van der Waals surface area contributed by atoms with Crippen molar-refractivity contribution in [2.75, 3.05) is 6.26 Å². The molecule has 0 bridgehead atoms. The number of rotatable bonds is 6.